The van der Waals surface area contributed by atoms with Crippen molar-refractivity contribution in [1.29, 1.82) is 0 Å². The summed E-state index contributed by atoms with van der Waals surface area (Å²) in [6.07, 6.45) is 0.533. The second-order valence-corrected chi connectivity index (χ2v) is 9.32. The van der Waals surface area contributed by atoms with Crippen LogP contribution in [0.15, 0.2) is 60.7 Å². The molecule has 1 fully saturated rings. The first-order chi connectivity index (χ1) is 16.9. The van der Waals surface area contributed by atoms with E-state index >= 15 is 0 Å². The van der Waals surface area contributed by atoms with Crippen LogP contribution in [0.5, 0.6) is 17.2 Å². The fraction of sp³-hybridized carbons (Fsp3) is 0.231. The van der Waals surface area contributed by atoms with Crippen molar-refractivity contribution < 1.29 is 24.2 Å². The Hall–Kier alpha value is -3.26. The molecular formula is C26H22Cl2N2O5. The molecule has 180 valence electrons. The van der Waals surface area contributed by atoms with Gasteiger partial charge < -0.3 is 25.2 Å². The van der Waals surface area contributed by atoms with Crippen LogP contribution in [0.1, 0.15) is 30.0 Å². The van der Waals surface area contributed by atoms with Crippen LogP contribution < -0.4 is 20.1 Å². The third-order valence-electron chi connectivity index (χ3n) is 6.35. The van der Waals surface area contributed by atoms with Gasteiger partial charge in [-0.2, -0.15) is 0 Å². The smallest absolute Gasteiger partial charge is 0.237 e. The normalized spacial score (nSPS) is 20.8. The van der Waals surface area contributed by atoms with Crippen molar-refractivity contribution in [2.75, 3.05) is 18.5 Å². The van der Waals surface area contributed by atoms with Crippen LogP contribution in [0.3, 0.4) is 0 Å². The lowest BCUT2D eigenvalue weighted by Gasteiger charge is -2.40. The summed E-state index contributed by atoms with van der Waals surface area (Å²) in [5.74, 6) is 1.21. The second kappa shape index (κ2) is 9.41. The summed E-state index contributed by atoms with van der Waals surface area (Å²) in [6.45, 7) is 0.115. The number of benzene rings is 3. The Bertz CT molecular complexity index is 1300. The van der Waals surface area contributed by atoms with Gasteiger partial charge in [-0.25, -0.2) is 0 Å². The van der Waals surface area contributed by atoms with E-state index in [-0.39, 0.29) is 31.4 Å². The van der Waals surface area contributed by atoms with Crippen molar-refractivity contribution >= 4 is 40.7 Å². The molecule has 35 heavy (non-hydrogen) atoms. The van der Waals surface area contributed by atoms with E-state index in [9.17, 15) is 9.59 Å². The van der Waals surface area contributed by atoms with Gasteiger partial charge in [0.15, 0.2) is 0 Å². The summed E-state index contributed by atoms with van der Waals surface area (Å²) < 4.78 is 11.6. The van der Waals surface area contributed by atoms with Gasteiger partial charge in [0.2, 0.25) is 11.8 Å². The van der Waals surface area contributed by atoms with Gasteiger partial charge >= 0.3 is 0 Å². The average molecular weight is 513 g/mol. The first-order valence-corrected chi connectivity index (χ1v) is 11.9. The fourth-order valence-corrected chi connectivity index (χ4v) is 5.14. The van der Waals surface area contributed by atoms with Crippen LogP contribution in [0.4, 0.5) is 5.69 Å². The molecule has 1 saturated heterocycles. The van der Waals surface area contributed by atoms with Gasteiger partial charge in [0.05, 0.1) is 12.6 Å². The molecule has 2 atom stereocenters. The van der Waals surface area contributed by atoms with E-state index in [2.05, 4.69) is 10.6 Å². The Morgan fingerprint density at radius 1 is 0.971 bits per heavy atom. The number of aliphatic hydroxyl groups is 1. The zero-order chi connectivity index (χ0) is 24.6. The Morgan fingerprint density at radius 2 is 1.69 bits per heavy atom. The minimum atomic E-state index is -1.04. The number of aliphatic hydroxyl groups excluding tert-OH is 1. The molecular weight excluding hydrogens is 491 g/mol. The molecule has 0 radical (unpaired) electrons. The summed E-state index contributed by atoms with van der Waals surface area (Å²) in [7, 11) is 0. The highest BCUT2D eigenvalue weighted by Gasteiger charge is 2.56. The number of ether oxygens (including phenoxy) is 2. The minimum Gasteiger partial charge on any atom is -0.491 e. The number of nitrogens with one attached hydrogen (secondary N) is 2. The Balaban J connectivity index is 1.56. The number of carbonyl (C=O) groups is 2. The van der Waals surface area contributed by atoms with E-state index in [0.29, 0.717) is 45.0 Å². The number of piperidine rings is 1. The monoisotopic (exact) mass is 512 g/mol. The van der Waals surface area contributed by atoms with E-state index in [0.717, 1.165) is 5.56 Å². The molecule has 0 saturated carbocycles. The zero-order valence-corrected chi connectivity index (χ0v) is 20.0. The van der Waals surface area contributed by atoms with Crippen LogP contribution in [0.25, 0.3) is 0 Å². The van der Waals surface area contributed by atoms with Crippen LogP contribution in [0.2, 0.25) is 10.0 Å². The molecule has 2 heterocycles. The molecule has 0 bridgehead atoms. The number of hydrogen-bond donors (Lipinski definition) is 3. The molecule has 2 aliphatic heterocycles. The van der Waals surface area contributed by atoms with E-state index in [1.54, 1.807) is 54.6 Å². The van der Waals surface area contributed by atoms with Crippen LogP contribution in [-0.2, 0) is 15.0 Å². The minimum absolute atomic E-state index is 0.0792. The fourth-order valence-electron chi connectivity index (χ4n) is 4.79. The molecule has 3 aromatic carbocycles. The number of hydrogen-bond acceptors (Lipinski definition) is 5. The summed E-state index contributed by atoms with van der Waals surface area (Å²) in [5.41, 5.74) is 0.947. The molecule has 5 rings (SSSR count). The van der Waals surface area contributed by atoms with E-state index < -0.39 is 11.5 Å². The van der Waals surface area contributed by atoms with Crippen LogP contribution in [-0.4, -0.2) is 30.1 Å². The molecule has 9 heteroatoms. The highest BCUT2D eigenvalue weighted by atomic mass is 35.5. The molecule has 0 aliphatic carbocycles. The number of carbonyl (C=O) groups excluding carboxylic acids is 2. The van der Waals surface area contributed by atoms with E-state index in [4.69, 9.17) is 37.8 Å². The second-order valence-electron chi connectivity index (χ2n) is 8.44. The summed E-state index contributed by atoms with van der Waals surface area (Å²) in [4.78, 5) is 26.0. The maximum atomic E-state index is 13.5. The Kier molecular flexibility index (Phi) is 6.32. The molecule has 2 amide bonds. The first-order valence-electron chi connectivity index (χ1n) is 11.1. The average Bonchev–Trinajstić information content (AvgIpc) is 3.12. The maximum Gasteiger partial charge on any atom is 0.237 e. The van der Waals surface area contributed by atoms with Gasteiger partial charge in [-0.3, -0.25) is 9.59 Å². The predicted octanol–water partition coefficient (Wildman–Crippen LogP) is 5.00. The molecule has 7 nitrogen and oxygen atoms in total. The molecule has 2 aliphatic rings. The topological polar surface area (TPSA) is 96.9 Å². The lowest BCUT2D eigenvalue weighted by atomic mass is 9.67. The van der Waals surface area contributed by atoms with Gasteiger partial charge in [0.25, 0.3) is 0 Å². The van der Waals surface area contributed by atoms with E-state index in [1.807, 2.05) is 6.07 Å². The van der Waals surface area contributed by atoms with Gasteiger partial charge in [0, 0.05) is 27.7 Å². The molecule has 3 aromatic rings. The van der Waals surface area contributed by atoms with Crippen LogP contribution >= 0.6 is 23.2 Å². The molecule has 0 aromatic heterocycles. The zero-order valence-electron chi connectivity index (χ0n) is 18.5. The third-order valence-corrected chi connectivity index (χ3v) is 6.82. The Morgan fingerprint density at radius 3 is 2.46 bits per heavy atom. The largest absolute Gasteiger partial charge is 0.491 e. The SMILES string of the molecule is O=C1CC[C@]2(C(=O)Nc3cc(Cl)ccc32)[C@@H](c2cc(Cl)ccc2Oc2ccc(OCCO)cc2)N1. The van der Waals surface area contributed by atoms with Gasteiger partial charge in [-0.15, -0.1) is 0 Å². The summed E-state index contributed by atoms with van der Waals surface area (Å²) >= 11 is 12.5. The van der Waals surface area contributed by atoms with Crippen LogP contribution in [0, 0.1) is 0 Å². The predicted molar refractivity (Wildman–Crippen MR) is 132 cm³/mol. The lowest BCUT2D eigenvalue weighted by Crippen LogP contribution is -2.52. The highest BCUT2D eigenvalue weighted by molar-refractivity contribution is 6.31. The van der Waals surface area contributed by atoms with Gasteiger partial charge in [-0.05, 0) is 66.6 Å². The maximum absolute atomic E-state index is 13.5. The highest BCUT2D eigenvalue weighted by Crippen LogP contribution is 2.53. The molecule has 3 N–H and O–H groups in total. The first kappa shape index (κ1) is 23.5. The van der Waals surface area contributed by atoms with Crippen molar-refractivity contribution in [3.05, 3.63) is 81.8 Å². The number of amides is 2. The molecule has 0 unspecified atom stereocenters. The standard InChI is InChI=1S/C26H22Cl2N2O5/c27-15-2-8-22(35-18-5-3-17(4-6-18)34-12-11-31)19(13-15)24-26(10-9-23(32)30-24)20-7-1-16(28)14-21(20)29-25(26)33/h1-8,13-14,24,31H,9-12H2,(H,29,33)(H,30,32)/t24-,26-/m1/s1. The quantitative estimate of drug-likeness (QED) is 0.431. The van der Waals surface area contributed by atoms with E-state index in [1.165, 1.54) is 0 Å². The van der Waals surface area contributed by atoms with Gasteiger partial charge in [0.1, 0.15) is 29.3 Å². The number of anilines is 1. The van der Waals surface area contributed by atoms with Crippen molar-refractivity contribution in [2.24, 2.45) is 0 Å². The lowest BCUT2D eigenvalue weighted by molar-refractivity contribution is -0.130. The summed E-state index contributed by atoms with van der Waals surface area (Å²) in [5, 5.41) is 15.8. The Labute approximate surface area is 212 Å². The number of rotatable bonds is 6. The number of fused-ring (bicyclic) bond motifs is 2. The van der Waals surface area contributed by atoms with Crippen molar-refractivity contribution in [3.8, 4) is 17.2 Å². The van der Waals surface area contributed by atoms with Crippen molar-refractivity contribution in [3.63, 3.8) is 0 Å². The van der Waals surface area contributed by atoms with Crippen molar-refractivity contribution in [1.82, 2.24) is 5.32 Å². The molecule has 1 spiro atoms. The summed E-state index contributed by atoms with van der Waals surface area (Å²) in [6, 6.07) is 16.6. The van der Waals surface area contributed by atoms with Gasteiger partial charge in [-0.1, -0.05) is 29.3 Å². The van der Waals surface area contributed by atoms with Crippen molar-refractivity contribution in [2.45, 2.75) is 24.3 Å². The number of halogens is 2. The third kappa shape index (κ3) is 4.31.